The van der Waals surface area contributed by atoms with E-state index < -0.39 is 5.97 Å². The summed E-state index contributed by atoms with van der Waals surface area (Å²) in [6.07, 6.45) is 1.34. The molecule has 0 saturated carbocycles. The third kappa shape index (κ3) is 5.31. The number of benzene rings is 1. The standard InChI is InChI=1S/C13H16BrNO3/c1-17-13(16)12(8-5-9-14)15-18-10-11-6-3-2-4-7-11/h2-4,6-7H,5,8-10H2,1H3/b15-12-. The van der Waals surface area contributed by atoms with Crippen molar-refractivity contribution < 1.29 is 14.4 Å². The maximum atomic E-state index is 11.4. The van der Waals surface area contributed by atoms with Crippen LogP contribution in [0.15, 0.2) is 35.5 Å². The van der Waals surface area contributed by atoms with E-state index in [2.05, 4.69) is 25.8 Å². The van der Waals surface area contributed by atoms with Crippen molar-refractivity contribution in [3.63, 3.8) is 0 Å². The van der Waals surface area contributed by atoms with E-state index in [1.807, 2.05) is 30.3 Å². The molecule has 1 rings (SSSR count). The summed E-state index contributed by atoms with van der Waals surface area (Å²) in [7, 11) is 1.34. The van der Waals surface area contributed by atoms with Crippen LogP contribution in [0, 0.1) is 0 Å². The molecule has 0 amide bonds. The Bertz CT molecular complexity index is 392. The summed E-state index contributed by atoms with van der Waals surface area (Å²) in [4.78, 5) is 16.6. The Balaban J connectivity index is 2.51. The van der Waals surface area contributed by atoms with E-state index in [1.54, 1.807) is 0 Å². The van der Waals surface area contributed by atoms with Crippen LogP contribution in [-0.2, 0) is 21.0 Å². The molecule has 0 saturated heterocycles. The SMILES string of the molecule is COC(=O)/C(CCCBr)=N\OCc1ccccc1. The molecule has 0 fully saturated rings. The first kappa shape index (κ1) is 14.7. The third-order valence-corrected chi connectivity index (χ3v) is 2.78. The first-order valence-corrected chi connectivity index (χ1v) is 6.77. The van der Waals surface area contributed by atoms with Crippen molar-refractivity contribution in [2.24, 2.45) is 5.16 Å². The maximum absolute atomic E-state index is 11.4. The number of esters is 1. The summed E-state index contributed by atoms with van der Waals surface area (Å²) in [5.41, 5.74) is 1.32. The van der Waals surface area contributed by atoms with E-state index in [1.165, 1.54) is 7.11 Å². The third-order valence-electron chi connectivity index (χ3n) is 2.22. The molecule has 98 valence electrons. The van der Waals surface area contributed by atoms with Gasteiger partial charge in [-0.1, -0.05) is 51.4 Å². The lowest BCUT2D eigenvalue weighted by Gasteiger charge is -2.04. The number of ether oxygens (including phenoxy) is 1. The average Bonchev–Trinajstić information content (AvgIpc) is 2.43. The highest BCUT2D eigenvalue weighted by molar-refractivity contribution is 9.09. The van der Waals surface area contributed by atoms with Gasteiger partial charge >= 0.3 is 5.97 Å². The Labute approximate surface area is 115 Å². The molecular formula is C13H16BrNO3. The Kier molecular flexibility index (Phi) is 7.10. The summed E-state index contributed by atoms with van der Waals surface area (Å²) in [6.45, 7) is 0.343. The van der Waals surface area contributed by atoms with Gasteiger partial charge in [0.1, 0.15) is 6.61 Å². The minimum Gasteiger partial charge on any atom is -0.464 e. The lowest BCUT2D eigenvalue weighted by molar-refractivity contribution is -0.133. The van der Waals surface area contributed by atoms with E-state index in [4.69, 9.17) is 4.84 Å². The molecule has 4 nitrogen and oxygen atoms in total. The van der Waals surface area contributed by atoms with E-state index in [9.17, 15) is 4.79 Å². The quantitative estimate of drug-likeness (QED) is 0.336. The van der Waals surface area contributed by atoms with Gasteiger partial charge in [-0.2, -0.15) is 0 Å². The number of halogens is 1. The first-order chi connectivity index (χ1) is 8.77. The predicted octanol–water partition coefficient (Wildman–Crippen LogP) is 2.91. The molecule has 0 bridgehead atoms. The molecule has 1 aromatic rings. The fraction of sp³-hybridized carbons (Fsp3) is 0.385. The van der Waals surface area contributed by atoms with Gasteiger partial charge < -0.3 is 9.57 Å². The summed E-state index contributed by atoms with van der Waals surface area (Å²) < 4.78 is 4.65. The fourth-order valence-corrected chi connectivity index (χ4v) is 1.58. The highest BCUT2D eigenvalue weighted by Crippen LogP contribution is 2.03. The van der Waals surface area contributed by atoms with Crippen molar-refractivity contribution in [1.82, 2.24) is 0 Å². The predicted molar refractivity (Wildman–Crippen MR) is 73.7 cm³/mol. The number of hydrogen-bond donors (Lipinski definition) is 0. The molecular weight excluding hydrogens is 298 g/mol. The van der Waals surface area contributed by atoms with Gasteiger partial charge in [-0.3, -0.25) is 0 Å². The zero-order valence-electron chi connectivity index (χ0n) is 10.3. The van der Waals surface area contributed by atoms with Gasteiger partial charge in [0.05, 0.1) is 7.11 Å². The minimum atomic E-state index is -0.441. The summed E-state index contributed by atoms with van der Waals surface area (Å²) >= 11 is 3.31. The van der Waals surface area contributed by atoms with Crippen LogP contribution < -0.4 is 0 Å². The number of oxime groups is 1. The number of carbonyl (C=O) groups is 1. The molecule has 1 aromatic carbocycles. The topological polar surface area (TPSA) is 47.9 Å². The zero-order valence-corrected chi connectivity index (χ0v) is 11.9. The van der Waals surface area contributed by atoms with E-state index >= 15 is 0 Å². The van der Waals surface area contributed by atoms with Gasteiger partial charge in [0.15, 0.2) is 5.71 Å². The molecule has 18 heavy (non-hydrogen) atoms. The Morgan fingerprint density at radius 3 is 2.67 bits per heavy atom. The number of hydrogen-bond acceptors (Lipinski definition) is 4. The lowest BCUT2D eigenvalue weighted by atomic mass is 10.2. The molecule has 5 heteroatoms. The molecule has 0 N–H and O–H groups in total. The second-order valence-electron chi connectivity index (χ2n) is 3.58. The molecule has 0 aliphatic rings. The van der Waals surface area contributed by atoms with Crippen LogP contribution in [-0.4, -0.2) is 24.1 Å². The van der Waals surface area contributed by atoms with Gasteiger partial charge in [-0.25, -0.2) is 4.79 Å². The average molecular weight is 314 g/mol. The van der Waals surface area contributed by atoms with E-state index in [0.717, 1.165) is 17.3 Å². The highest BCUT2D eigenvalue weighted by atomic mass is 79.9. The fourth-order valence-electron chi connectivity index (χ4n) is 1.30. The van der Waals surface area contributed by atoms with Gasteiger partial charge in [0.25, 0.3) is 0 Å². The summed E-state index contributed by atoms with van der Waals surface area (Å²) in [5.74, 6) is -0.441. The second-order valence-corrected chi connectivity index (χ2v) is 4.37. The molecule has 0 radical (unpaired) electrons. The molecule has 0 aliphatic carbocycles. The van der Waals surface area contributed by atoms with Gasteiger partial charge in [0, 0.05) is 11.8 Å². The molecule has 0 spiro atoms. The van der Waals surface area contributed by atoms with Crippen LogP contribution in [0.2, 0.25) is 0 Å². The molecule has 0 unspecified atom stereocenters. The first-order valence-electron chi connectivity index (χ1n) is 5.65. The second kappa shape index (κ2) is 8.69. The minimum absolute atomic E-state index is 0.313. The molecule has 0 atom stereocenters. The lowest BCUT2D eigenvalue weighted by Crippen LogP contribution is -2.16. The Morgan fingerprint density at radius 1 is 1.33 bits per heavy atom. The number of rotatable bonds is 7. The van der Waals surface area contributed by atoms with E-state index in [0.29, 0.717) is 18.7 Å². The normalized spacial score (nSPS) is 11.1. The van der Waals surface area contributed by atoms with Gasteiger partial charge in [0.2, 0.25) is 0 Å². The number of methoxy groups -OCH3 is 1. The summed E-state index contributed by atoms with van der Waals surface area (Å²) in [5, 5.41) is 4.66. The van der Waals surface area contributed by atoms with Crippen LogP contribution in [0.1, 0.15) is 18.4 Å². The van der Waals surface area contributed by atoms with Crippen molar-refractivity contribution in [3.8, 4) is 0 Å². The van der Waals surface area contributed by atoms with Gasteiger partial charge in [-0.15, -0.1) is 0 Å². The Morgan fingerprint density at radius 2 is 2.06 bits per heavy atom. The van der Waals surface area contributed by atoms with Crippen molar-refractivity contribution in [2.45, 2.75) is 19.4 Å². The van der Waals surface area contributed by atoms with Crippen LogP contribution in [0.4, 0.5) is 0 Å². The Hall–Kier alpha value is -1.36. The van der Waals surface area contributed by atoms with E-state index in [-0.39, 0.29) is 0 Å². The maximum Gasteiger partial charge on any atom is 0.355 e. The van der Waals surface area contributed by atoms with Crippen LogP contribution >= 0.6 is 15.9 Å². The van der Waals surface area contributed by atoms with Crippen LogP contribution in [0.5, 0.6) is 0 Å². The highest BCUT2D eigenvalue weighted by Gasteiger charge is 2.11. The van der Waals surface area contributed by atoms with Crippen LogP contribution in [0.3, 0.4) is 0 Å². The van der Waals surface area contributed by atoms with Crippen molar-refractivity contribution in [1.29, 1.82) is 0 Å². The van der Waals surface area contributed by atoms with Crippen molar-refractivity contribution in [2.75, 3.05) is 12.4 Å². The number of carbonyl (C=O) groups excluding carboxylic acids is 1. The smallest absolute Gasteiger partial charge is 0.355 e. The number of alkyl halides is 1. The largest absolute Gasteiger partial charge is 0.464 e. The number of nitrogens with zero attached hydrogens (tertiary/aromatic N) is 1. The zero-order chi connectivity index (χ0) is 13.2. The molecule has 0 aromatic heterocycles. The van der Waals surface area contributed by atoms with Crippen molar-refractivity contribution in [3.05, 3.63) is 35.9 Å². The van der Waals surface area contributed by atoms with Crippen molar-refractivity contribution >= 4 is 27.6 Å². The van der Waals surface area contributed by atoms with Gasteiger partial charge in [-0.05, 0) is 12.0 Å². The summed E-state index contributed by atoms with van der Waals surface area (Å²) in [6, 6.07) is 9.66. The monoisotopic (exact) mass is 313 g/mol. The molecule has 0 aliphatic heterocycles. The van der Waals surface area contributed by atoms with Crippen LogP contribution in [0.25, 0.3) is 0 Å². The molecule has 0 heterocycles.